The van der Waals surface area contributed by atoms with E-state index in [1.54, 1.807) is 11.9 Å². The SMILES string of the molecule is CCCCCC(C)C=C(C)SNCC1=NOC(CC2=CCC=CC=C2)(C(=O)NCS(=O)O)C1. The topological polar surface area (TPSA) is 100 Å². The zero-order valence-corrected chi connectivity index (χ0v) is 21.5. The second-order valence-electron chi connectivity index (χ2n) is 8.54. The number of unbranched alkanes of at least 4 members (excludes halogenated alkanes) is 2. The van der Waals surface area contributed by atoms with Gasteiger partial charge in [0.15, 0.2) is 11.1 Å². The van der Waals surface area contributed by atoms with E-state index in [1.165, 1.54) is 30.6 Å². The van der Waals surface area contributed by atoms with Crippen molar-refractivity contribution >= 4 is 34.6 Å². The van der Waals surface area contributed by atoms with Gasteiger partial charge in [-0.2, -0.15) is 0 Å². The van der Waals surface area contributed by atoms with Crippen molar-refractivity contribution in [3.05, 3.63) is 46.9 Å². The minimum atomic E-state index is -2.13. The lowest BCUT2D eigenvalue weighted by Gasteiger charge is -2.25. The fraction of sp³-hybridized carbons (Fsp3) is 0.583. The number of allylic oxidation sites excluding steroid dienone is 7. The number of oxime groups is 1. The van der Waals surface area contributed by atoms with Crippen LogP contribution in [0.3, 0.4) is 0 Å². The van der Waals surface area contributed by atoms with E-state index in [4.69, 9.17) is 9.39 Å². The van der Waals surface area contributed by atoms with Gasteiger partial charge in [0, 0.05) is 19.4 Å². The Labute approximate surface area is 204 Å². The molecule has 3 atom stereocenters. The molecule has 7 nitrogen and oxygen atoms in total. The van der Waals surface area contributed by atoms with Crippen LogP contribution in [0.4, 0.5) is 0 Å². The molecule has 1 amide bonds. The van der Waals surface area contributed by atoms with Crippen molar-refractivity contribution in [2.45, 2.75) is 71.3 Å². The molecule has 3 N–H and O–H groups in total. The Bertz CT molecular complexity index is 836. The summed E-state index contributed by atoms with van der Waals surface area (Å²) in [4.78, 5) is 19.8. The smallest absolute Gasteiger partial charge is 0.268 e. The lowest BCUT2D eigenvalue weighted by molar-refractivity contribution is -0.143. The van der Waals surface area contributed by atoms with E-state index in [-0.39, 0.29) is 5.88 Å². The average Bonchev–Trinajstić information content (AvgIpc) is 3.00. The maximum atomic E-state index is 12.9. The average molecular weight is 496 g/mol. The molecular formula is C24H37N3O4S2. The molecule has 9 heteroatoms. The standard InChI is InChI=1S/C24H37N3O4S2/c1-4-5-8-11-19(2)14-20(3)32-26-17-22-16-24(31-27-22,23(28)25-18-33(29)30)15-21-12-9-6-7-10-13-21/h6-7,9,12-14,19,26H,4-5,8,10-11,15-18H2,1-3H3,(H,25,28)(H,29,30). The van der Waals surface area contributed by atoms with Crippen LogP contribution < -0.4 is 10.0 Å². The lowest BCUT2D eigenvalue weighted by atomic mass is 9.88. The molecule has 1 heterocycles. The van der Waals surface area contributed by atoms with Gasteiger partial charge in [-0.15, -0.1) is 0 Å². The van der Waals surface area contributed by atoms with Gasteiger partial charge in [-0.3, -0.25) is 9.52 Å². The van der Waals surface area contributed by atoms with Gasteiger partial charge in [0.1, 0.15) is 5.88 Å². The molecule has 0 bridgehead atoms. The normalized spacial score (nSPS) is 22.2. The Hall–Kier alpha value is -1.68. The Morgan fingerprint density at radius 2 is 2.24 bits per heavy atom. The van der Waals surface area contributed by atoms with Crippen molar-refractivity contribution in [1.82, 2.24) is 10.0 Å². The highest BCUT2D eigenvalue weighted by Crippen LogP contribution is 2.32. The van der Waals surface area contributed by atoms with Crippen LogP contribution in [0.2, 0.25) is 0 Å². The van der Waals surface area contributed by atoms with Crippen molar-refractivity contribution < 1.29 is 18.4 Å². The summed E-state index contributed by atoms with van der Waals surface area (Å²) in [7, 11) is 0. The van der Waals surface area contributed by atoms with Crippen LogP contribution in [0, 0.1) is 5.92 Å². The first kappa shape index (κ1) is 27.6. The lowest BCUT2D eigenvalue weighted by Crippen LogP contribution is -2.48. The number of nitrogens with zero attached hydrogens (tertiary/aromatic N) is 1. The summed E-state index contributed by atoms with van der Waals surface area (Å²) in [5.41, 5.74) is 0.484. The van der Waals surface area contributed by atoms with E-state index in [2.05, 4.69) is 42.0 Å². The number of nitrogens with one attached hydrogen (secondary N) is 2. The Kier molecular flexibility index (Phi) is 12.2. The summed E-state index contributed by atoms with van der Waals surface area (Å²) < 4.78 is 23.4. The molecule has 3 unspecified atom stereocenters. The van der Waals surface area contributed by atoms with Gasteiger partial charge < -0.3 is 14.7 Å². The maximum absolute atomic E-state index is 12.9. The summed E-state index contributed by atoms with van der Waals surface area (Å²) in [5, 5.41) is 6.71. The molecule has 0 radical (unpaired) electrons. The highest BCUT2D eigenvalue weighted by atomic mass is 32.2. The molecule has 0 saturated heterocycles. The van der Waals surface area contributed by atoms with Gasteiger partial charge in [0.2, 0.25) is 5.60 Å². The third kappa shape index (κ3) is 10.00. The van der Waals surface area contributed by atoms with Crippen LogP contribution in [0.1, 0.15) is 65.7 Å². The first-order valence-electron chi connectivity index (χ1n) is 11.5. The largest absolute Gasteiger partial charge is 0.378 e. The monoisotopic (exact) mass is 495 g/mol. The van der Waals surface area contributed by atoms with Crippen molar-refractivity contribution in [3.8, 4) is 0 Å². The molecule has 1 aliphatic carbocycles. The van der Waals surface area contributed by atoms with Gasteiger partial charge in [0.05, 0.1) is 5.71 Å². The number of hydrogen-bond acceptors (Lipinski definition) is 6. The highest BCUT2D eigenvalue weighted by Gasteiger charge is 2.46. The van der Waals surface area contributed by atoms with Gasteiger partial charge in [0.25, 0.3) is 5.91 Å². The molecule has 0 aromatic heterocycles. The zero-order valence-electron chi connectivity index (χ0n) is 19.8. The molecule has 2 aliphatic rings. The zero-order chi connectivity index (χ0) is 24.1. The minimum absolute atomic E-state index is 0.319. The van der Waals surface area contributed by atoms with Crippen molar-refractivity contribution in [3.63, 3.8) is 0 Å². The van der Waals surface area contributed by atoms with E-state index >= 15 is 0 Å². The molecule has 184 valence electrons. The van der Waals surface area contributed by atoms with Crippen LogP contribution >= 0.6 is 11.9 Å². The first-order chi connectivity index (χ1) is 15.8. The quantitative estimate of drug-likeness (QED) is 0.178. The second kappa shape index (κ2) is 14.6. The van der Waals surface area contributed by atoms with Crippen LogP contribution in [-0.2, 0) is 20.7 Å². The van der Waals surface area contributed by atoms with Gasteiger partial charge in [-0.1, -0.05) is 74.7 Å². The molecule has 2 rings (SSSR count). The fourth-order valence-corrected chi connectivity index (χ4v) is 4.80. The predicted molar refractivity (Wildman–Crippen MR) is 138 cm³/mol. The van der Waals surface area contributed by atoms with E-state index in [0.29, 0.717) is 25.3 Å². The summed E-state index contributed by atoms with van der Waals surface area (Å²) in [6.07, 6.45) is 18.6. The van der Waals surface area contributed by atoms with Gasteiger partial charge in [-0.25, -0.2) is 4.21 Å². The molecule has 0 aromatic carbocycles. The van der Waals surface area contributed by atoms with E-state index in [1.807, 2.05) is 30.4 Å². The van der Waals surface area contributed by atoms with Crippen LogP contribution in [0.25, 0.3) is 0 Å². The van der Waals surface area contributed by atoms with Crippen molar-refractivity contribution in [2.24, 2.45) is 11.1 Å². The summed E-state index contributed by atoms with van der Waals surface area (Å²) in [6.45, 7) is 7.03. The van der Waals surface area contributed by atoms with Crippen LogP contribution in [-0.4, -0.2) is 38.4 Å². The molecule has 1 aliphatic heterocycles. The summed E-state index contributed by atoms with van der Waals surface area (Å²) in [5.74, 6) is -0.230. The van der Waals surface area contributed by atoms with Crippen molar-refractivity contribution in [1.29, 1.82) is 0 Å². The maximum Gasteiger partial charge on any atom is 0.268 e. The van der Waals surface area contributed by atoms with E-state index in [0.717, 1.165) is 17.7 Å². The number of carbonyl (C=O) groups excluding carboxylic acids is 1. The third-order valence-electron chi connectivity index (χ3n) is 5.46. The van der Waals surface area contributed by atoms with Gasteiger partial charge in [-0.05, 0) is 48.1 Å². The molecule has 0 aromatic rings. The Morgan fingerprint density at radius 3 is 3.00 bits per heavy atom. The highest BCUT2D eigenvalue weighted by molar-refractivity contribution is 8.01. The first-order valence-corrected chi connectivity index (χ1v) is 13.6. The van der Waals surface area contributed by atoms with Crippen LogP contribution in [0.5, 0.6) is 0 Å². The predicted octanol–water partition coefficient (Wildman–Crippen LogP) is 4.99. The number of carbonyl (C=O) groups is 1. The number of rotatable bonds is 14. The molecular weight excluding hydrogens is 458 g/mol. The molecule has 33 heavy (non-hydrogen) atoms. The summed E-state index contributed by atoms with van der Waals surface area (Å²) in [6, 6.07) is 0. The molecule has 0 saturated carbocycles. The second-order valence-corrected chi connectivity index (χ2v) is 10.6. The van der Waals surface area contributed by atoms with Crippen LogP contribution in [0.15, 0.2) is 52.1 Å². The number of hydrogen-bond donors (Lipinski definition) is 3. The number of amides is 1. The van der Waals surface area contributed by atoms with E-state index < -0.39 is 22.6 Å². The van der Waals surface area contributed by atoms with E-state index in [9.17, 15) is 9.00 Å². The Morgan fingerprint density at radius 1 is 1.42 bits per heavy atom. The summed E-state index contributed by atoms with van der Waals surface area (Å²) >= 11 is -0.565. The molecule has 0 fully saturated rings. The van der Waals surface area contributed by atoms with Gasteiger partial charge >= 0.3 is 0 Å². The third-order valence-corrected chi connectivity index (χ3v) is 6.60. The Balaban J connectivity index is 1.93. The fourth-order valence-electron chi connectivity index (χ4n) is 3.78. The minimum Gasteiger partial charge on any atom is -0.378 e. The molecule has 0 spiro atoms. The van der Waals surface area contributed by atoms with Crippen molar-refractivity contribution in [2.75, 3.05) is 12.4 Å².